The largest absolute Gasteiger partial charge is 0.416 e. The monoisotopic (exact) mass is 555 g/mol. The molecule has 0 aliphatic carbocycles. The second kappa shape index (κ2) is 10.9. The molecule has 1 amide bonds. The molecule has 1 aliphatic rings. The maximum atomic E-state index is 13.5. The highest BCUT2D eigenvalue weighted by Crippen LogP contribution is 2.39. The van der Waals surface area contributed by atoms with Crippen molar-refractivity contribution in [2.24, 2.45) is 5.92 Å². The molecule has 0 N–H and O–H groups in total. The first kappa shape index (κ1) is 30.0. The van der Waals surface area contributed by atoms with Gasteiger partial charge in [-0.2, -0.15) is 26.3 Å². The zero-order valence-corrected chi connectivity index (χ0v) is 22.3. The Hall–Kier alpha value is -3.50. The van der Waals surface area contributed by atoms with Crippen molar-refractivity contribution >= 4 is 11.6 Å². The Bertz CT molecular complexity index is 1310. The summed E-state index contributed by atoms with van der Waals surface area (Å²) in [4.78, 5) is 29.7. The molecular weight excluding hydrogens is 524 g/mol. The minimum Gasteiger partial charge on any atom is -0.326 e. The van der Waals surface area contributed by atoms with Crippen LogP contribution in [0.2, 0.25) is 0 Å². The summed E-state index contributed by atoms with van der Waals surface area (Å²) in [5, 5.41) is 0. The lowest BCUT2D eigenvalue weighted by molar-refractivity contribution is -0.143. The summed E-state index contributed by atoms with van der Waals surface area (Å²) in [5.41, 5.74) is -2.43. The topological polar surface area (TPSA) is 45.6 Å². The van der Waals surface area contributed by atoms with Gasteiger partial charge in [-0.05, 0) is 69.0 Å². The van der Waals surface area contributed by atoms with Gasteiger partial charge in [0.2, 0.25) is 0 Å². The maximum Gasteiger partial charge on any atom is 0.416 e. The van der Waals surface area contributed by atoms with Gasteiger partial charge in [-0.15, -0.1) is 0 Å². The highest BCUT2D eigenvalue weighted by molar-refractivity contribution is 5.94. The van der Waals surface area contributed by atoms with E-state index < -0.39 is 47.0 Å². The van der Waals surface area contributed by atoms with Crippen LogP contribution in [0.25, 0.3) is 0 Å². The Morgan fingerprint density at radius 2 is 1.64 bits per heavy atom. The molecule has 0 saturated carbocycles. The number of aromatic nitrogens is 1. The Balaban J connectivity index is 2.05. The number of nitrogens with zero attached hydrogens (tertiary/aromatic N) is 3. The predicted molar refractivity (Wildman–Crippen MR) is 137 cm³/mol. The van der Waals surface area contributed by atoms with Crippen LogP contribution < -0.4 is 10.5 Å². The summed E-state index contributed by atoms with van der Waals surface area (Å²) in [6, 6.07) is 2.35. The van der Waals surface area contributed by atoms with Crippen LogP contribution in [0.15, 0.2) is 59.7 Å². The molecule has 2 heterocycles. The third-order valence-electron chi connectivity index (χ3n) is 7.25. The van der Waals surface area contributed by atoms with E-state index >= 15 is 0 Å². The van der Waals surface area contributed by atoms with Crippen LogP contribution in [-0.2, 0) is 18.9 Å². The number of fused-ring (bicyclic) bond motifs is 1. The van der Waals surface area contributed by atoms with Crippen molar-refractivity contribution < 1.29 is 31.1 Å². The number of hydrogen-bond acceptors (Lipinski definition) is 3. The zero-order valence-electron chi connectivity index (χ0n) is 22.3. The van der Waals surface area contributed by atoms with E-state index in [2.05, 4.69) is 6.58 Å². The molecule has 212 valence electrons. The number of hydrogen-bond donors (Lipinski definition) is 0. The van der Waals surface area contributed by atoms with Gasteiger partial charge in [0.1, 0.15) is 11.4 Å². The lowest BCUT2D eigenvalue weighted by atomic mass is 9.97. The molecule has 1 aliphatic heterocycles. The van der Waals surface area contributed by atoms with Crippen molar-refractivity contribution in [3.63, 3.8) is 0 Å². The van der Waals surface area contributed by atoms with Crippen molar-refractivity contribution in [2.75, 3.05) is 4.90 Å². The summed E-state index contributed by atoms with van der Waals surface area (Å²) in [7, 11) is 0. The van der Waals surface area contributed by atoms with E-state index in [0.717, 1.165) is 12.0 Å². The van der Waals surface area contributed by atoms with Gasteiger partial charge in [-0.3, -0.25) is 9.59 Å². The van der Waals surface area contributed by atoms with E-state index in [4.69, 9.17) is 0 Å². The number of carbonyl (C=O) groups is 1. The minimum absolute atomic E-state index is 0.00220. The highest BCUT2D eigenvalue weighted by atomic mass is 19.4. The molecule has 0 saturated heterocycles. The predicted octanol–water partition coefficient (Wildman–Crippen LogP) is 7.39. The van der Waals surface area contributed by atoms with E-state index in [0.29, 0.717) is 12.1 Å². The first-order chi connectivity index (χ1) is 18.0. The number of anilines is 1. The van der Waals surface area contributed by atoms with Crippen molar-refractivity contribution in [1.29, 1.82) is 0 Å². The summed E-state index contributed by atoms with van der Waals surface area (Å²) in [5.74, 6) is -0.412. The van der Waals surface area contributed by atoms with Crippen molar-refractivity contribution in [3.05, 3.63) is 87.6 Å². The Labute approximate surface area is 223 Å². The molecule has 0 radical (unpaired) electrons. The average Bonchev–Trinajstić information content (AvgIpc) is 2.86. The molecule has 3 atom stereocenters. The van der Waals surface area contributed by atoms with Crippen LogP contribution in [0, 0.1) is 5.92 Å². The van der Waals surface area contributed by atoms with Crippen molar-refractivity contribution in [3.8, 4) is 0 Å². The van der Waals surface area contributed by atoms with Crippen LogP contribution >= 0.6 is 0 Å². The zero-order chi connectivity index (χ0) is 29.4. The molecule has 1 aromatic heterocycles. The summed E-state index contributed by atoms with van der Waals surface area (Å²) in [6.07, 6.45) is -5.86. The van der Waals surface area contributed by atoms with Gasteiger partial charge in [0, 0.05) is 25.0 Å². The highest BCUT2D eigenvalue weighted by Gasteiger charge is 2.40. The van der Waals surface area contributed by atoms with Crippen molar-refractivity contribution in [2.45, 2.75) is 72.0 Å². The molecular formula is C28H31F6N3O2. The number of carbonyl (C=O) groups excluding carboxylic acids is 1. The smallest absolute Gasteiger partial charge is 0.326 e. The standard InChI is InChI=1S/C28H31F6N3O2/c1-7-16(3)17(4)14-35(8-2)23-9-10-24-26(39)37(18(5)15-36(24)25(23)38)19(6)20-11-21(27(29,30)31)13-22(12-20)28(32,33)34/h8-14,16,18-19H,2,7,15H2,1,3-6H3. The molecule has 39 heavy (non-hydrogen) atoms. The molecule has 0 bridgehead atoms. The fraction of sp³-hybridized carbons (Fsp3) is 0.429. The van der Waals surface area contributed by atoms with Gasteiger partial charge in [0.15, 0.2) is 0 Å². The number of pyridine rings is 1. The van der Waals surface area contributed by atoms with E-state index in [-0.39, 0.29) is 35.5 Å². The third-order valence-corrected chi connectivity index (χ3v) is 7.25. The second-order valence-electron chi connectivity index (χ2n) is 9.87. The molecule has 3 unspecified atom stereocenters. The molecule has 11 heteroatoms. The number of halogens is 6. The van der Waals surface area contributed by atoms with Crippen molar-refractivity contribution in [1.82, 2.24) is 9.47 Å². The molecule has 3 rings (SSSR count). The molecule has 2 aromatic rings. The summed E-state index contributed by atoms with van der Waals surface area (Å²) >= 11 is 0. The van der Waals surface area contributed by atoms with Gasteiger partial charge in [0.25, 0.3) is 11.5 Å². The summed E-state index contributed by atoms with van der Waals surface area (Å²) < 4.78 is 81.7. The first-order valence-electron chi connectivity index (χ1n) is 12.5. The number of allylic oxidation sites excluding steroid dienone is 1. The van der Waals surface area contributed by atoms with Crippen LogP contribution in [0.4, 0.5) is 32.0 Å². The Kier molecular flexibility index (Phi) is 8.43. The van der Waals surface area contributed by atoms with E-state index in [1.54, 1.807) is 18.0 Å². The number of benzene rings is 1. The van der Waals surface area contributed by atoms with Gasteiger partial charge in [-0.1, -0.05) is 26.0 Å². The fourth-order valence-electron chi connectivity index (χ4n) is 4.64. The van der Waals surface area contributed by atoms with E-state index in [1.165, 1.54) is 34.7 Å². The quantitative estimate of drug-likeness (QED) is 0.335. The van der Waals surface area contributed by atoms with Crippen LogP contribution in [0.1, 0.15) is 74.3 Å². The molecule has 1 aromatic carbocycles. The minimum atomic E-state index is -5.01. The number of amides is 1. The van der Waals surface area contributed by atoms with Gasteiger partial charge in [0.05, 0.1) is 17.2 Å². The van der Waals surface area contributed by atoms with Gasteiger partial charge in [-0.25, -0.2) is 0 Å². The van der Waals surface area contributed by atoms with Crippen LogP contribution in [-0.4, -0.2) is 21.4 Å². The number of rotatable bonds is 7. The Morgan fingerprint density at radius 1 is 1.08 bits per heavy atom. The molecule has 0 fully saturated rings. The van der Waals surface area contributed by atoms with Gasteiger partial charge >= 0.3 is 12.4 Å². The lowest BCUT2D eigenvalue weighted by Gasteiger charge is -2.40. The van der Waals surface area contributed by atoms with E-state index in [9.17, 15) is 35.9 Å². The van der Waals surface area contributed by atoms with Gasteiger partial charge < -0.3 is 14.4 Å². The number of alkyl halides is 6. The first-order valence-corrected chi connectivity index (χ1v) is 12.5. The lowest BCUT2D eigenvalue weighted by Crippen LogP contribution is -2.51. The third kappa shape index (κ3) is 6.07. The average molecular weight is 556 g/mol. The summed E-state index contributed by atoms with van der Waals surface area (Å²) in [6.45, 7) is 12.8. The normalized spacial score (nSPS) is 18.0. The molecule has 5 nitrogen and oxygen atoms in total. The van der Waals surface area contributed by atoms with Crippen LogP contribution in [0.5, 0.6) is 0 Å². The maximum absolute atomic E-state index is 13.5. The fourth-order valence-corrected chi connectivity index (χ4v) is 4.64. The SMILES string of the molecule is C=CN(C=C(C)C(C)CC)c1ccc2n(c1=O)CC(C)N(C(C)c1cc(C(F)(F)F)cc(C(F)(F)F)c1)C2=O. The second-order valence-corrected chi connectivity index (χ2v) is 9.87. The Morgan fingerprint density at radius 3 is 2.13 bits per heavy atom. The van der Waals surface area contributed by atoms with Crippen LogP contribution in [0.3, 0.4) is 0 Å². The van der Waals surface area contributed by atoms with E-state index in [1.807, 2.05) is 20.8 Å². The molecule has 0 spiro atoms.